The predicted octanol–water partition coefficient (Wildman–Crippen LogP) is 12.2. The third kappa shape index (κ3) is 18.0. The van der Waals surface area contributed by atoms with E-state index in [2.05, 4.69) is 54.9 Å². The second-order valence-corrected chi connectivity index (χ2v) is 12.5. The number of hydrogen-bond acceptors (Lipinski definition) is 1. The third-order valence-corrected chi connectivity index (χ3v) is 8.66. The Labute approximate surface area is 250 Å². The van der Waals surface area contributed by atoms with Crippen LogP contribution in [-0.2, 0) is 25.8 Å². The van der Waals surface area contributed by atoms with Crippen molar-refractivity contribution in [2.24, 2.45) is 0 Å². The highest BCUT2D eigenvalue weighted by Gasteiger charge is 2.09. The van der Waals surface area contributed by atoms with Gasteiger partial charge in [0.2, 0.25) is 0 Å². The molecule has 0 unspecified atom stereocenters. The molecule has 0 fully saturated rings. The summed E-state index contributed by atoms with van der Waals surface area (Å²) in [5, 5.41) is 0. The van der Waals surface area contributed by atoms with E-state index in [0.717, 1.165) is 25.8 Å². The highest BCUT2D eigenvalue weighted by atomic mass is 15.1. The second kappa shape index (κ2) is 25.2. The summed E-state index contributed by atoms with van der Waals surface area (Å²) in [4.78, 5) is 5.16. The number of benzene rings is 1. The molecule has 0 atom stereocenters. The molecule has 2 rings (SSSR count). The van der Waals surface area contributed by atoms with E-state index < -0.39 is 0 Å². The number of aromatic nitrogens is 2. The standard InChI is InChI=1S/C38H66N2/c1-3-5-7-9-11-13-15-17-19-21-26-33-38-39-37(32-28-31-36-29-24-23-25-30-36)35-40(38)34-27-22-20-18-16-14-12-10-8-6-4-2/h23-25,29-30,35H,3-22,26-28,31-34H2,1-2H3. The van der Waals surface area contributed by atoms with Gasteiger partial charge in [0.15, 0.2) is 0 Å². The molecule has 0 saturated carbocycles. The lowest BCUT2D eigenvalue weighted by Crippen LogP contribution is -2.03. The Kier molecular flexibility index (Phi) is 21.8. The van der Waals surface area contributed by atoms with Gasteiger partial charge in [-0.15, -0.1) is 0 Å². The molecule has 0 amide bonds. The molecule has 40 heavy (non-hydrogen) atoms. The minimum atomic E-state index is 1.10. The SMILES string of the molecule is CCCCCCCCCCCCCc1nc(CCCc2ccccc2)cn1CCCCCCCCCCCCC. The molecule has 0 spiro atoms. The zero-order valence-electron chi connectivity index (χ0n) is 27.0. The zero-order chi connectivity index (χ0) is 28.4. The van der Waals surface area contributed by atoms with Gasteiger partial charge >= 0.3 is 0 Å². The highest BCUT2D eigenvalue weighted by molar-refractivity contribution is 5.15. The van der Waals surface area contributed by atoms with Crippen LogP contribution >= 0.6 is 0 Å². The fourth-order valence-corrected chi connectivity index (χ4v) is 6.04. The van der Waals surface area contributed by atoms with Gasteiger partial charge in [-0.3, -0.25) is 0 Å². The van der Waals surface area contributed by atoms with Crippen molar-refractivity contribution in [1.29, 1.82) is 0 Å². The minimum absolute atomic E-state index is 1.10. The van der Waals surface area contributed by atoms with Crippen LogP contribution in [0.25, 0.3) is 0 Å². The Morgan fingerprint density at radius 2 is 0.950 bits per heavy atom. The van der Waals surface area contributed by atoms with Crippen LogP contribution in [0.1, 0.15) is 179 Å². The average Bonchev–Trinajstić information content (AvgIpc) is 3.36. The summed E-state index contributed by atoms with van der Waals surface area (Å²) < 4.78 is 2.53. The lowest BCUT2D eigenvalue weighted by Gasteiger charge is -2.08. The average molecular weight is 551 g/mol. The van der Waals surface area contributed by atoms with Gasteiger partial charge in [0.05, 0.1) is 5.69 Å². The first-order valence-corrected chi connectivity index (χ1v) is 17.9. The minimum Gasteiger partial charge on any atom is -0.335 e. The Morgan fingerprint density at radius 1 is 0.475 bits per heavy atom. The van der Waals surface area contributed by atoms with E-state index >= 15 is 0 Å². The summed E-state index contributed by atoms with van der Waals surface area (Å²) in [7, 11) is 0. The van der Waals surface area contributed by atoms with Crippen molar-refractivity contribution in [1.82, 2.24) is 9.55 Å². The highest BCUT2D eigenvalue weighted by Crippen LogP contribution is 2.17. The van der Waals surface area contributed by atoms with Gasteiger partial charge in [-0.2, -0.15) is 0 Å². The molecule has 0 N–H and O–H groups in total. The van der Waals surface area contributed by atoms with Crippen LogP contribution in [-0.4, -0.2) is 9.55 Å². The smallest absolute Gasteiger partial charge is 0.108 e. The number of rotatable bonds is 28. The summed E-state index contributed by atoms with van der Waals surface area (Å²) in [6.07, 6.45) is 38.0. The van der Waals surface area contributed by atoms with Crippen molar-refractivity contribution in [3.63, 3.8) is 0 Å². The Morgan fingerprint density at radius 3 is 1.48 bits per heavy atom. The van der Waals surface area contributed by atoms with Crippen molar-refractivity contribution in [2.75, 3.05) is 0 Å². The number of unbranched alkanes of at least 4 members (excludes halogenated alkanes) is 20. The van der Waals surface area contributed by atoms with Crippen LogP contribution in [0.3, 0.4) is 0 Å². The van der Waals surface area contributed by atoms with Crippen molar-refractivity contribution in [3.8, 4) is 0 Å². The summed E-state index contributed by atoms with van der Waals surface area (Å²) in [5.74, 6) is 1.36. The first-order chi connectivity index (χ1) is 19.8. The maximum atomic E-state index is 5.16. The molecule has 2 heteroatoms. The van der Waals surface area contributed by atoms with E-state index in [-0.39, 0.29) is 0 Å². The molecule has 0 radical (unpaired) electrons. The zero-order valence-corrected chi connectivity index (χ0v) is 27.0. The fourth-order valence-electron chi connectivity index (χ4n) is 6.04. The maximum absolute atomic E-state index is 5.16. The second-order valence-electron chi connectivity index (χ2n) is 12.5. The van der Waals surface area contributed by atoms with E-state index in [0.29, 0.717) is 0 Å². The van der Waals surface area contributed by atoms with Crippen molar-refractivity contribution in [2.45, 2.75) is 187 Å². The van der Waals surface area contributed by atoms with Crippen LogP contribution in [0.2, 0.25) is 0 Å². The molecule has 228 valence electrons. The van der Waals surface area contributed by atoms with Crippen LogP contribution in [0.15, 0.2) is 36.5 Å². The van der Waals surface area contributed by atoms with E-state index in [4.69, 9.17) is 4.98 Å². The molecule has 1 aromatic carbocycles. The van der Waals surface area contributed by atoms with Crippen molar-refractivity contribution < 1.29 is 0 Å². The van der Waals surface area contributed by atoms with Gasteiger partial charge in [-0.25, -0.2) is 4.98 Å². The molecule has 0 bridgehead atoms. The van der Waals surface area contributed by atoms with E-state index in [1.807, 2.05) is 0 Å². The molecule has 1 heterocycles. The number of imidazole rings is 1. The molecule has 2 aromatic rings. The summed E-state index contributed by atoms with van der Waals surface area (Å²) in [5.41, 5.74) is 2.76. The van der Waals surface area contributed by atoms with Crippen LogP contribution < -0.4 is 0 Å². The summed E-state index contributed by atoms with van der Waals surface area (Å²) >= 11 is 0. The fraction of sp³-hybridized carbons (Fsp3) is 0.763. The monoisotopic (exact) mass is 551 g/mol. The number of aryl methyl sites for hydroxylation is 4. The first kappa shape index (κ1) is 34.6. The Balaban J connectivity index is 1.65. The van der Waals surface area contributed by atoms with E-state index in [1.165, 1.54) is 165 Å². The summed E-state index contributed by atoms with van der Waals surface area (Å²) in [6.45, 7) is 5.77. The molecule has 0 aliphatic rings. The van der Waals surface area contributed by atoms with Gasteiger partial charge in [0.25, 0.3) is 0 Å². The quantitative estimate of drug-likeness (QED) is 0.0963. The summed E-state index contributed by atoms with van der Waals surface area (Å²) in [6, 6.07) is 10.9. The molecule has 0 saturated heterocycles. The molecule has 0 aliphatic heterocycles. The van der Waals surface area contributed by atoms with Gasteiger partial charge in [0, 0.05) is 19.2 Å². The maximum Gasteiger partial charge on any atom is 0.108 e. The normalized spacial score (nSPS) is 11.4. The van der Waals surface area contributed by atoms with E-state index in [9.17, 15) is 0 Å². The topological polar surface area (TPSA) is 17.8 Å². The van der Waals surface area contributed by atoms with Gasteiger partial charge in [-0.1, -0.05) is 173 Å². The van der Waals surface area contributed by atoms with Crippen molar-refractivity contribution >= 4 is 0 Å². The molecular formula is C38H66N2. The molecule has 2 nitrogen and oxygen atoms in total. The number of hydrogen-bond donors (Lipinski definition) is 0. The first-order valence-electron chi connectivity index (χ1n) is 17.9. The lowest BCUT2D eigenvalue weighted by molar-refractivity contribution is 0.519. The molecular weight excluding hydrogens is 484 g/mol. The van der Waals surface area contributed by atoms with Crippen LogP contribution in [0.5, 0.6) is 0 Å². The lowest BCUT2D eigenvalue weighted by atomic mass is 10.1. The Hall–Kier alpha value is -1.57. The van der Waals surface area contributed by atoms with Crippen LogP contribution in [0, 0.1) is 0 Å². The Bertz CT molecular complexity index is 750. The van der Waals surface area contributed by atoms with Crippen LogP contribution in [0.4, 0.5) is 0 Å². The van der Waals surface area contributed by atoms with Gasteiger partial charge < -0.3 is 4.57 Å². The largest absolute Gasteiger partial charge is 0.335 e. The van der Waals surface area contributed by atoms with Gasteiger partial charge in [0.1, 0.15) is 5.82 Å². The van der Waals surface area contributed by atoms with Gasteiger partial charge in [-0.05, 0) is 37.7 Å². The predicted molar refractivity (Wildman–Crippen MR) is 177 cm³/mol. The number of nitrogens with zero attached hydrogens (tertiary/aromatic N) is 2. The molecule has 1 aromatic heterocycles. The van der Waals surface area contributed by atoms with Crippen molar-refractivity contribution in [3.05, 3.63) is 53.6 Å². The van der Waals surface area contributed by atoms with E-state index in [1.54, 1.807) is 0 Å². The third-order valence-electron chi connectivity index (χ3n) is 8.66. The molecule has 0 aliphatic carbocycles.